The van der Waals surface area contributed by atoms with Gasteiger partial charge in [0.2, 0.25) is 0 Å². The fourth-order valence-electron chi connectivity index (χ4n) is 1.73. The molecule has 2 rings (SSSR count). The average molecular weight is 341 g/mol. The van der Waals surface area contributed by atoms with E-state index in [9.17, 15) is 0 Å². The highest BCUT2D eigenvalue weighted by atomic mass is 79.9. The molecule has 100 valence electrons. The number of ether oxygens (including phenoxy) is 1. The molecule has 0 aliphatic rings. The summed E-state index contributed by atoms with van der Waals surface area (Å²) in [5, 5.41) is 0.569. The minimum absolute atomic E-state index is 0.0314. The smallest absolute Gasteiger partial charge is 0.146 e. The third kappa shape index (κ3) is 3.72. The molecule has 0 aliphatic heterocycles. The highest BCUT2D eigenvalue weighted by Gasteiger charge is 2.07. The van der Waals surface area contributed by atoms with Gasteiger partial charge < -0.3 is 10.5 Å². The van der Waals surface area contributed by atoms with Crippen molar-refractivity contribution in [3.05, 3.63) is 57.5 Å². The molecular weight excluding hydrogens is 326 g/mol. The average Bonchev–Trinajstić information content (AvgIpc) is 2.41. The molecule has 0 spiro atoms. The van der Waals surface area contributed by atoms with Gasteiger partial charge in [-0.05, 0) is 42.3 Å². The zero-order chi connectivity index (χ0) is 13.8. The molecule has 0 saturated carbocycles. The van der Waals surface area contributed by atoms with Crippen LogP contribution in [-0.4, -0.2) is 0 Å². The second-order valence-electron chi connectivity index (χ2n) is 4.26. The molecule has 0 heterocycles. The predicted molar refractivity (Wildman–Crippen MR) is 82.9 cm³/mol. The summed E-state index contributed by atoms with van der Waals surface area (Å²) in [5.74, 6) is 1.37. The van der Waals surface area contributed by atoms with E-state index in [0.717, 1.165) is 22.2 Å². The van der Waals surface area contributed by atoms with Crippen molar-refractivity contribution in [1.82, 2.24) is 0 Å². The lowest BCUT2D eigenvalue weighted by atomic mass is 10.1. The van der Waals surface area contributed by atoms with Crippen LogP contribution in [0.5, 0.6) is 11.5 Å². The van der Waals surface area contributed by atoms with Crippen LogP contribution in [0.1, 0.15) is 24.9 Å². The van der Waals surface area contributed by atoms with Crippen molar-refractivity contribution >= 4 is 27.5 Å². The van der Waals surface area contributed by atoms with Crippen LogP contribution in [0.15, 0.2) is 46.9 Å². The van der Waals surface area contributed by atoms with E-state index < -0.39 is 0 Å². The van der Waals surface area contributed by atoms with Crippen LogP contribution in [-0.2, 0) is 0 Å². The van der Waals surface area contributed by atoms with E-state index in [1.165, 1.54) is 0 Å². The molecule has 0 radical (unpaired) electrons. The molecule has 2 aromatic carbocycles. The zero-order valence-electron chi connectivity index (χ0n) is 10.6. The van der Waals surface area contributed by atoms with Crippen molar-refractivity contribution in [2.45, 2.75) is 19.4 Å². The lowest BCUT2D eigenvalue weighted by Crippen LogP contribution is -2.08. The molecule has 1 unspecified atom stereocenters. The lowest BCUT2D eigenvalue weighted by molar-refractivity contribution is 0.481. The van der Waals surface area contributed by atoms with Crippen molar-refractivity contribution in [3.63, 3.8) is 0 Å². The van der Waals surface area contributed by atoms with Crippen LogP contribution in [0.2, 0.25) is 5.02 Å². The van der Waals surface area contributed by atoms with Crippen molar-refractivity contribution in [2.75, 3.05) is 0 Å². The minimum Gasteiger partial charge on any atom is -0.456 e. The van der Waals surface area contributed by atoms with E-state index in [-0.39, 0.29) is 6.04 Å². The predicted octanol–water partition coefficient (Wildman–Crippen LogP) is 5.30. The second kappa shape index (κ2) is 6.42. The third-order valence-electron chi connectivity index (χ3n) is 2.85. The van der Waals surface area contributed by atoms with Gasteiger partial charge in [-0.2, -0.15) is 0 Å². The van der Waals surface area contributed by atoms with Crippen molar-refractivity contribution in [2.24, 2.45) is 5.73 Å². The third-order valence-corrected chi connectivity index (χ3v) is 3.64. The number of benzene rings is 2. The Kier molecular flexibility index (Phi) is 4.86. The maximum atomic E-state index is 6.13. The zero-order valence-corrected chi connectivity index (χ0v) is 12.9. The topological polar surface area (TPSA) is 35.2 Å². The Labute approximate surface area is 126 Å². The highest BCUT2D eigenvalue weighted by Crippen LogP contribution is 2.32. The summed E-state index contributed by atoms with van der Waals surface area (Å²) in [5.41, 5.74) is 7.08. The molecule has 0 amide bonds. The standard InChI is InChI=1S/C15H15BrClNO/c1-2-14(18)10-4-3-5-12(8-10)19-15-7-6-11(16)9-13(15)17/h3-9,14H,2,18H2,1H3. The molecule has 19 heavy (non-hydrogen) atoms. The monoisotopic (exact) mass is 339 g/mol. The molecule has 0 bridgehead atoms. The first-order chi connectivity index (χ1) is 9.10. The second-order valence-corrected chi connectivity index (χ2v) is 5.59. The van der Waals surface area contributed by atoms with Gasteiger partial charge >= 0.3 is 0 Å². The number of hydrogen-bond acceptors (Lipinski definition) is 2. The van der Waals surface area contributed by atoms with Gasteiger partial charge in [-0.1, -0.05) is 46.6 Å². The molecule has 2 nitrogen and oxygen atoms in total. The minimum atomic E-state index is 0.0314. The molecule has 0 aliphatic carbocycles. The molecule has 2 N–H and O–H groups in total. The fraction of sp³-hybridized carbons (Fsp3) is 0.200. The van der Waals surface area contributed by atoms with Gasteiger partial charge in [0.05, 0.1) is 5.02 Å². The van der Waals surface area contributed by atoms with Crippen molar-refractivity contribution < 1.29 is 4.74 Å². The quantitative estimate of drug-likeness (QED) is 0.819. The van der Waals surface area contributed by atoms with Gasteiger partial charge in [-0.15, -0.1) is 0 Å². The van der Waals surface area contributed by atoms with Crippen LogP contribution >= 0.6 is 27.5 Å². The molecule has 1 atom stereocenters. The van der Waals surface area contributed by atoms with E-state index in [1.54, 1.807) is 6.07 Å². The molecule has 0 fully saturated rings. The van der Waals surface area contributed by atoms with Crippen LogP contribution in [0.25, 0.3) is 0 Å². The Morgan fingerprint density at radius 3 is 2.74 bits per heavy atom. The summed E-state index contributed by atoms with van der Waals surface area (Å²) in [7, 11) is 0. The Bertz CT molecular complexity index is 574. The summed E-state index contributed by atoms with van der Waals surface area (Å²) >= 11 is 9.49. The first-order valence-electron chi connectivity index (χ1n) is 6.08. The summed E-state index contributed by atoms with van der Waals surface area (Å²) in [6.45, 7) is 2.06. The maximum Gasteiger partial charge on any atom is 0.146 e. The van der Waals surface area contributed by atoms with E-state index in [1.807, 2.05) is 36.4 Å². The molecule has 0 saturated heterocycles. The SMILES string of the molecule is CCC(N)c1cccc(Oc2ccc(Br)cc2Cl)c1. The molecular formula is C15H15BrClNO. The maximum absolute atomic E-state index is 6.13. The molecule has 4 heteroatoms. The van der Waals surface area contributed by atoms with Crippen molar-refractivity contribution in [1.29, 1.82) is 0 Å². The van der Waals surface area contributed by atoms with Gasteiger partial charge in [0.15, 0.2) is 0 Å². The Balaban J connectivity index is 2.23. The number of hydrogen-bond donors (Lipinski definition) is 1. The highest BCUT2D eigenvalue weighted by molar-refractivity contribution is 9.10. The van der Waals surface area contributed by atoms with Gasteiger partial charge in [0, 0.05) is 10.5 Å². The van der Waals surface area contributed by atoms with Crippen LogP contribution in [0.3, 0.4) is 0 Å². The molecule has 2 aromatic rings. The molecule has 0 aromatic heterocycles. The first-order valence-corrected chi connectivity index (χ1v) is 7.25. The summed E-state index contributed by atoms with van der Waals surface area (Å²) in [6, 6.07) is 13.3. The fourth-order valence-corrected chi connectivity index (χ4v) is 2.44. The van der Waals surface area contributed by atoms with E-state index in [2.05, 4.69) is 22.9 Å². The van der Waals surface area contributed by atoms with Gasteiger partial charge in [0.25, 0.3) is 0 Å². The van der Waals surface area contributed by atoms with Crippen LogP contribution in [0.4, 0.5) is 0 Å². The van der Waals surface area contributed by atoms with E-state index in [0.29, 0.717) is 10.8 Å². The summed E-state index contributed by atoms with van der Waals surface area (Å²) < 4.78 is 6.71. The Morgan fingerprint density at radius 2 is 2.05 bits per heavy atom. The largest absolute Gasteiger partial charge is 0.456 e. The number of rotatable bonds is 4. The summed E-state index contributed by atoms with van der Waals surface area (Å²) in [6.07, 6.45) is 0.891. The number of nitrogens with two attached hydrogens (primary N) is 1. The lowest BCUT2D eigenvalue weighted by Gasteiger charge is -2.12. The van der Waals surface area contributed by atoms with E-state index >= 15 is 0 Å². The van der Waals surface area contributed by atoms with Crippen LogP contribution in [0, 0.1) is 0 Å². The number of halogens is 2. The van der Waals surface area contributed by atoms with E-state index in [4.69, 9.17) is 22.1 Å². The van der Waals surface area contributed by atoms with Crippen LogP contribution < -0.4 is 10.5 Å². The van der Waals surface area contributed by atoms with Gasteiger partial charge in [-0.25, -0.2) is 0 Å². The normalized spacial score (nSPS) is 12.2. The Hall–Kier alpha value is -1.03. The first kappa shape index (κ1) is 14.4. The van der Waals surface area contributed by atoms with Gasteiger partial charge in [0.1, 0.15) is 11.5 Å². The van der Waals surface area contributed by atoms with Crippen molar-refractivity contribution in [3.8, 4) is 11.5 Å². The van der Waals surface area contributed by atoms with Gasteiger partial charge in [-0.3, -0.25) is 0 Å². The Morgan fingerprint density at radius 1 is 1.26 bits per heavy atom. The summed E-state index contributed by atoms with van der Waals surface area (Å²) in [4.78, 5) is 0.